The van der Waals surface area contributed by atoms with Gasteiger partial charge < -0.3 is 9.73 Å². The van der Waals surface area contributed by atoms with Gasteiger partial charge in [0.15, 0.2) is 12.0 Å². The molecule has 1 aromatic heterocycles. The first-order chi connectivity index (χ1) is 9.74. The first-order valence-corrected chi connectivity index (χ1v) is 6.40. The molecule has 0 saturated heterocycles. The van der Waals surface area contributed by atoms with E-state index in [1.807, 2.05) is 49.4 Å². The third kappa shape index (κ3) is 2.40. The number of amides is 1. The second-order valence-corrected chi connectivity index (χ2v) is 4.65. The first-order valence-electron chi connectivity index (χ1n) is 6.40. The summed E-state index contributed by atoms with van der Waals surface area (Å²) in [5.41, 5.74) is 4.20. The Morgan fingerprint density at radius 3 is 2.95 bits per heavy atom. The van der Waals surface area contributed by atoms with Crippen molar-refractivity contribution in [1.82, 2.24) is 10.3 Å². The van der Waals surface area contributed by atoms with Gasteiger partial charge in [0.1, 0.15) is 5.52 Å². The molecule has 0 spiro atoms. The van der Waals surface area contributed by atoms with Crippen molar-refractivity contribution >= 4 is 17.0 Å². The second kappa shape index (κ2) is 5.17. The molecule has 0 unspecified atom stereocenters. The fourth-order valence-electron chi connectivity index (χ4n) is 2.11. The van der Waals surface area contributed by atoms with Crippen molar-refractivity contribution in [2.75, 3.05) is 0 Å². The zero-order chi connectivity index (χ0) is 13.9. The number of aromatic nitrogens is 1. The summed E-state index contributed by atoms with van der Waals surface area (Å²) in [6.07, 6.45) is 1.42. The van der Waals surface area contributed by atoms with E-state index < -0.39 is 0 Å². The van der Waals surface area contributed by atoms with Crippen molar-refractivity contribution in [3.63, 3.8) is 0 Å². The Morgan fingerprint density at radius 2 is 2.10 bits per heavy atom. The van der Waals surface area contributed by atoms with Gasteiger partial charge in [-0.2, -0.15) is 0 Å². The van der Waals surface area contributed by atoms with E-state index >= 15 is 0 Å². The van der Waals surface area contributed by atoms with Crippen molar-refractivity contribution in [2.45, 2.75) is 13.5 Å². The normalized spacial score (nSPS) is 10.7. The van der Waals surface area contributed by atoms with Gasteiger partial charge in [0, 0.05) is 12.1 Å². The molecule has 4 heteroatoms. The molecule has 3 aromatic rings. The van der Waals surface area contributed by atoms with Gasteiger partial charge in [-0.15, -0.1) is 0 Å². The minimum atomic E-state index is -0.0687. The summed E-state index contributed by atoms with van der Waals surface area (Å²) in [6.45, 7) is 2.39. The summed E-state index contributed by atoms with van der Waals surface area (Å²) in [5.74, 6) is -0.0687. The van der Waals surface area contributed by atoms with Crippen molar-refractivity contribution in [2.24, 2.45) is 0 Å². The lowest BCUT2D eigenvalue weighted by Crippen LogP contribution is -2.23. The molecule has 2 aromatic carbocycles. The molecular formula is C16H14N2O2. The van der Waals surface area contributed by atoms with Crippen LogP contribution in [-0.4, -0.2) is 10.9 Å². The van der Waals surface area contributed by atoms with E-state index in [4.69, 9.17) is 4.42 Å². The van der Waals surface area contributed by atoms with Gasteiger partial charge >= 0.3 is 0 Å². The summed E-state index contributed by atoms with van der Waals surface area (Å²) in [6, 6.07) is 13.2. The van der Waals surface area contributed by atoms with Gasteiger partial charge in [-0.25, -0.2) is 4.98 Å². The van der Waals surface area contributed by atoms with Crippen LogP contribution in [0.2, 0.25) is 0 Å². The molecule has 4 nitrogen and oxygen atoms in total. The third-order valence-electron chi connectivity index (χ3n) is 3.24. The molecule has 0 bridgehead atoms. The van der Waals surface area contributed by atoms with Crippen molar-refractivity contribution in [3.8, 4) is 0 Å². The maximum Gasteiger partial charge on any atom is 0.251 e. The summed E-state index contributed by atoms with van der Waals surface area (Å²) in [4.78, 5) is 16.2. The molecule has 0 aliphatic heterocycles. The number of benzene rings is 2. The molecule has 0 saturated carbocycles. The van der Waals surface area contributed by atoms with Gasteiger partial charge in [-0.1, -0.05) is 24.3 Å². The van der Waals surface area contributed by atoms with E-state index in [-0.39, 0.29) is 5.91 Å². The maximum atomic E-state index is 12.1. The van der Waals surface area contributed by atoms with Gasteiger partial charge in [-0.3, -0.25) is 4.79 Å². The van der Waals surface area contributed by atoms with E-state index in [0.717, 1.165) is 22.2 Å². The van der Waals surface area contributed by atoms with E-state index in [0.29, 0.717) is 12.1 Å². The first kappa shape index (κ1) is 12.4. The molecule has 0 aliphatic rings. The number of nitrogens with one attached hydrogen (secondary N) is 1. The molecule has 100 valence electrons. The molecule has 1 heterocycles. The van der Waals surface area contributed by atoms with Crippen LogP contribution in [0.25, 0.3) is 11.1 Å². The van der Waals surface area contributed by atoms with Crippen LogP contribution >= 0.6 is 0 Å². The Morgan fingerprint density at radius 1 is 1.25 bits per heavy atom. The van der Waals surface area contributed by atoms with Crippen molar-refractivity contribution in [3.05, 3.63) is 65.5 Å². The highest BCUT2D eigenvalue weighted by Crippen LogP contribution is 2.14. The number of hydrogen-bond donors (Lipinski definition) is 1. The highest BCUT2D eigenvalue weighted by atomic mass is 16.3. The standard InChI is InChI=1S/C16H14N2O2/c1-11-4-2-3-5-13(11)16(19)17-9-12-6-7-14-15(8-12)20-10-18-14/h2-8,10H,9H2,1H3,(H,17,19). The van der Waals surface area contributed by atoms with Crippen LogP contribution in [0.15, 0.2) is 53.3 Å². The van der Waals surface area contributed by atoms with Crippen molar-refractivity contribution in [1.29, 1.82) is 0 Å². The SMILES string of the molecule is Cc1ccccc1C(=O)NCc1ccc2ncoc2c1. The third-order valence-corrected chi connectivity index (χ3v) is 3.24. The van der Waals surface area contributed by atoms with Crippen LogP contribution in [0.3, 0.4) is 0 Å². The van der Waals surface area contributed by atoms with E-state index in [1.54, 1.807) is 0 Å². The predicted octanol–water partition coefficient (Wildman–Crippen LogP) is 3.07. The van der Waals surface area contributed by atoms with Crippen LogP contribution in [0.4, 0.5) is 0 Å². The maximum absolute atomic E-state index is 12.1. The Kier molecular flexibility index (Phi) is 3.21. The molecule has 1 N–H and O–H groups in total. The number of carbonyl (C=O) groups excluding carboxylic acids is 1. The minimum Gasteiger partial charge on any atom is -0.443 e. The van der Waals surface area contributed by atoms with Crippen LogP contribution in [0.1, 0.15) is 21.5 Å². The average Bonchev–Trinajstić information content (AvgIpc) is 2.92. The number of oxazole rings is 1. The number of nitrogens with zero attached hydrogens (tertiary/aromatic N) is 1. The Hall–Kier alpha value is -2.62. The minimum absolute atomic E-state index is 0.0687. The van der Waals surface area contributed by atoms with E-state index in [2.05, 4.69) is 10.3 Å². The number of hydrogen-bond acceptors (Lipinski definition) is 3. The lowest BCUT2D eigenvalue weighted by atomic mass is 10.1. The Labute approximate surface area is 116 Å². The van der Waals surface area contributed by atoms with Gasteiger partial charge in [0.2, 0.25) is 0 Å². The van der Waals surface area contributed by atoms with Crippen molar-refractivity contribution < 1.29 is 9.21 Å². The van der Waals surface area contributed by atoms with Gasteiger partial charge in [-0.05, 0) is 36.2 Å². The Balaban J connectivity index is 1.73. The predicted molar refractivity (Wildman–Crippen MR) is 76.4 cm³/mol. The molecular weight excluding hydrogens is 252 g/mol. The van der Waals surface area contributed by atoms with Crippen LogP contribution in [-0.2, 0) is 6.54 Å². The summed E-state index contributed by atoms with van der Waals surface area (Å²) < 4.78 is 5.25. The van der Waals surface area contributed by atoms with Gasteiger partial charge in [0.25, 0.3) is 5.91 Å². The lowest BCUT2D eigenvalue weighted by molar-refractivity contribution is 0.0950. The zero-order valence-electron chi connectivity index (χ0n) is 11.1. The molecule has 0 atom stereocenters. The number of rotatable bonds is 3. The molecule has 20 heavy (non-hydrogen) atoms. The molecule has 0 fully saturated rings. The van der Waals surface area contributed by atoms with Crippen LogP contribution in [0, 0.1) is 6.92 Å². The highest BCUT2D eigenvalue weighted by molar-refractivity contribution is 5.95. The van der Waals surface area contributed by atoms with Crippen LogP contribution < -0.4 is 5.32 Å². The number of fused-ring (bicyclic) bond motifs is 1. The van der Waals surface area contributed by atoms with Crippen LogP contribution in [0.5, 0.6) is 0 Å². The summed E-state index contributed by atoms with van der Waals surface area (Å²) in [7, 11) is 0. The van der Waals surface area contributed by atoms with Gasteiger partial charge in [0.05, 0.1) is 0 Å². The zero-order valence-corrected chi connectivity index (χ0v) is 11.1. The average molecular weight is 266 g/mol. The largest absolute Gasteiger partial charge is 0.443 e. The van der Waals surface area contributed by atoms with E-state index in [1.165, 1.54) is 6.39 Å². The number of carbonyl (C=O) groups is 1. The quantitative estimate of drug-likeness (QED) is 0.792. The Bertz CT molecular complexity index is 762. The fraction of sp³-hybridized carbons (Fsp3) is 0.125. The topological polar surface area (TPSA) is 55.1 Å². The summed E-state index contributed by atoms with van der Waals surface area (Å²) in [5, 5.41) is 2.91. The molecule has 3 rings (SSSR count). The highest BCUT2D eigenvalue weighted by Gasteiger charge is 2.08. The molecule has 0 radical (unpaired) electrons. The summed E-state index contributed by atoms with van der Waals surface area (Å²) >= 11 is 0. The lowest BCUT2D eigenvalue weighted by Gasteiger charge is -2.07. The molecule has 1 amide bonds. The fourth-order valence-corrected chi connectivity index (χ4v) is 2.11. The second-order valence-electron chi connectivity index (χ2n) is 4.65. The van der Waals surface area contributed by atoms with E-state index in [9.17, 15) is 4.79 Å². The molecule has 0 aliphatic carbocycles. The smallest absolute Gasteiger partial charge is 0.251 e. The number of aryl methyl sites for hydroxylation is 1. The monoisotopic (exact) mass is 266 g/mol.